The van der Waals surface area contributed by atoms with E-state index < -0.39 is 29.8 Å². The Morgan fingerprint density at radius 2 is 1.84 bits per heavy atom. The lowest BCUT2D eigenvalue weighted by molar-refractivity contribution is -0.123. The summed E-state index contributed by atoms with van der Waals surface area (Å²) in [5, 5.41) is 12.2. The quantitative estimate of drug-likeness (QED) is 0.685. The molecule has 2 aromatic rings. The van der Waals surface area contributed by atoms with Gasteiger partial charge in [-0.15, -0.1) is 0 Å². The number of fused-ring (bicyclic) bond motifs is 1. The van der Waals surface area contributed by atoms with Gasteiger partial charge < -0.3 is 14.8 Å². The van der Waals surface area contributed by atoms with Gasteiger partial charge in [0.2, 0.25) is 5.91 Å². The number of anilines is 2. The van der Waals surface area contributed by atoms with Gasteiger partial charge in [-0.05, 0) is 36.4 Å². The van der Waals surface area contributed by atoms with Crippen LogP contribution in [0.2, 0.25) is 5.02 Å². The van der Waals surface area contributed by atoms with Crippen LogP contribution in [-0.2, 0) is 14.4 Å². The van der Waals surface area contributed by atoms with Gasteiger partial charge in [0.1, 0.15) is 18.0 Å². The predicted octanol–water partition coefficient (Wildman–Crippen LogP) is 2.29. The zero-order valence-corrected chi connectivity index (χ0v) is 17.4. The van der Waals surface area contributed by atoms with Crippen LogP contribution >= 0.6 is 11.6 Å². The number of imide groups is 1. The number of carbonyl (C=O) groups is 3. The second kappa shape index (κ2) is 8.23. The molecule has 0 saturated carbocycles. The molecule has 4 rings (SSSR count). The largest absolute Gasteiger partial charge is 0.497 e. The van der Waals surface area contributed by atoms with Crippen molar-refractivity contribution in [2.24, 2.45) is 10.3 Å². The van der Waals surface area contributed by atoms with Crippen LogP contribution in [0.15, 0.2) is 52.8 Å². The molecule has 1 fully saturated rings. The number of hydrogen-bond donors (Lipinski definition) is 1. The number of ether oxygens (including phenoxy) is 2. The van der Waals surface area contributed by atoms with Gasteiger partial charge in [0, 0.05) is 11.1 Å². The summed E-state index contributed by atoms with van der Waals surface area (Å²) in [5.74, 6) is -0.468. The number of amides is 3. The van der Waals surface area contributed by atoms with Crippen LogP contribution in [0.1, 0.15) is 0 Å². The third-order valence-corrected chi connectivity index (χ3v) is 5.18. The number of nitrogens with zero attached hydrogens (tertiary/aromatic N) is 4. The molecule has 2 aliphatic rings. The van der Waals surface area contributed by atoms with E-state index in [1.54, 1.807) is 42.5 Å². The molecule has 2 aromatic carbocycles. The lowest BCUT2D eigenvalue weighted by atomic mass is 10.1. The average molecular weight is 444 g/mol. The van der Waals surface area contributed by atoms with E-state index in [1.807, 2.05) is 0 Å². The standard InChI is InChI=1S/C20H18ClN5O5/c1-30-13-7-8-14(15(9-13)31-2)22-16(27)10-25-18-17(23-24-25)19(28)26(20(18)29)12-5-3-11(21)4-6-12/h3-9,17-18H,10H2,1-2H3,(H,22,27)/t17-,18-/m0/s1. The summed E-state index contributed by atoms with van der Waals surface area (Å²) >= 11 is 5.88. The molecule has 10 nitrogen and oxygen atoms in total. The Labute approximate surface area is 182 Å². The van der Waals surface area contributed by atoms with E-state index >= 15 is 0 Å². The first-order chi connectivity index (χ1) is 14.9. The van der Waals surface area contributed by atoms with Crippen molar-refractivity contribution in [1.82, 2.24) is 5.01 Å². The predicted molar refractivity (Wildman–Crippen MR) is 111 cm³/mol. The normalized spacial score (nSPS) is 19.6. The van der Waals surface area contributed by atoms with E-state index in [0.29, 0.717) is 27.9 Å². The summed E-state index contributed by atoms with van der Waals surface area (Å²) in [6.07, 6.45) is 0. The Bertz CT molecular complexity index is 1070. The molecular formula is C20H18ClN5O5. The van der Waals surface area contributed by atoms with Crippen molar-refractivity contribution < 1.29 is 23.9 Å². The highest BCUT2D eigenvalue weighted by Gasteiger charge is 2.55. The van der Waals surface area contributed by atoms with Crippen LogP contribution < -0.4 is 19.7 Å². The molecule has 1 N–H and O–H groups in total. The molecule has 0 spiro atoms. The number of methoxy groups -OCH3 is 2. The maximum Gasteiger partial charge on any atom is 0.263 e. The first-order valence-corrected chi connectivity index (χ1v) is 9.63. The third kappa shape index (κ3) is 3.77. The average Bonchev–Trinajstić information content (AvgIpc) is 3.28. The number of rotatable bonds is 6. The molecule has 2 atom stereocenters. The topological polar surface area (TPSA) is 113 Å². The summed E-state index contributed by atoms with van der Waals surface area (Å²) in [5.41, 5.74) is 0.814. The molecule has 160 valence electrons. The minimum Gasteiger partial charge on any atom is -0.497 e. The highest BCUT2D eigenvalue weighted by Crippen LogP contribution is 2.33. The number of benzene rings is 2. The van der Waals surface area contributed by atoms with Gasteiger partial charge in [0.05, 0.1) is 25.6 Å². The van der Waals surface area contributed by atoms with Crippen LogP contribution in [0.4, 0.5) is 11.4 Å². The second-order valence-electron chi connectivity index (χ2n) is 6.79. The SMILES string of the molecule is COc1ccc(NC(=O)CN2N=N[C@@H]3C(=O)N(c4ccc(Cl)cc4)C(=O)[C@H]32)c(OC)c1. The monoisotopic (exact) mass is 443 g/mol. The van der Waals surface area contributed by atoms with Gasteiger partial charge in [0.25, 0.3) is 11.8 Å². The van der Waals surface area contributed by atoms with Gasteiger partial charge >= 0.3 is 0 Å². The zero-order chi connectivity index (χ0) is 22.1. The molecule has 0 bridgehead atoms. The van der Waals surface area contributed by atoms with E-state index in [-0.39, 0.29) is 6.54 Å². The van der Waals surface area contributed by atoms with Gasteiger partial charge in [-0.1, -0.05) is 16.8 Å². The molecular weight excluding hydrogens is 426 g/mol. The first kappa shape index (κ1) is 20.6. The molecule has 0 aliphatic carbocycles. The van der Waals surface area contributed by atoms with Gasteiger partial charge in [-0.3, -0.25) is 19.4 Å². The minimum atomic E-state index is -0.994. The highest BCUT2D eigenvalue weighted by atomic mass is 35.5. The van der Waals surface area contributed by atoms with Crippen LogP contribution in [0.5, 0.6) is 11.5 Å². The minimum absolute atomic E-state index is 0.271. The van der Waals surface area contributed by atoms with Gasteiger partial charge in [-0.25, -0.2) is 4.90 Å². The molecule has 2 heterocycles. The number of hydrogen-bond acceptors (Lipinski definition) is 8. The Morgan fingerprint density at radius 1 is 1.10 bits per heavy atom. The molecule has 0 unspecified atom stereocenters. The summed E-state index contributed by atoms with van der Waals surface area (Å²) in [6, 6.07) is 9.28. The van der Waals surface area contributed by atoms with Crippen LogP contribution in [0.3, 0.4) is 0 Å². The van der Waals surface area contributed by atoms with E-state index in [0.717, 1.165) is 4.90 Å². The zero-order valence-electron chi connectivity index (χ0n) is 16.6. The van der Waals surface area contributed by atoms with Crippen molar-refractivity contribution in [2.45, 2.75) is 12.1 Å². The first-order valence-electron chi connectivity index (χ1n) is 9.25. The van der Waals surface area contributed by atoms with Crippen molar-refractivity contribution in [3.63, 3.8) is 0 Å². The second-order valence-corrected chi connectivity index (χ2v) is 7.23. The number of nitrogens with one attached hydrogen (secondary N) is 1. The van der Waals surface area contributed by atoms with E-state index in [2.05, 4.69) is 15.7 Å². The van der Waals surface area contributed by atoms with Crippen LogP contribution in [0, 0.1) is 0 Å². The summed E-state index contributed by atoms with van der Waals surface area (Å²) in [7, 11) is 2.99. The van der Waals surface area contributed by atoms with Gasteiger partial charge in [0.15, 0.2) is 12.1 Å². The van der Waals surface area contributed by atoms with Crippen molar-refractivity contribution in [1.29, 1.82) is 0 Å². The van der Waals surface area contributed by atoms with E-state index in [4.69, 9.17) is 21.1 Å². The molecule has 0 aromatic heterocycles. The van der Waals surface area contributed by atoms with Crippen LogP contribution in [0.25, 0.3) is 0 Å². The maximum absolute atomic E-state index is 12.9. The molecule has 31 heavy (non-hydrogen) atoms. The summed E-state index contributed by atoms with van der Waals surface area (Å²) in [6.45, 7) is -0.271. The van der Waals surface area contributed by atoms with E-state index in [1.165, 1.54) is 19.2 Å². The number of carbonyl (C=O) groups excluding carboxylic acids is 3. The summed E-state index contributed by atoms with van der Waals surface area (Å²) < 4.78 is 10.4. The highest BCUT2D eigenvalue weighted by molar-refractivity contribution is 6.31. The molecule has 2 aliphatic heterocycles. The Balaban J connectivity index is 1.48. The van der Waals surface area contributed by atoms with Crippen LogP contribution in [-0.4, -0.2) is 55.6 Å². The smallest absolute Gasteiger partial charge is 0.263 e. The number of halogens is 1. The molecule has 3 amide bonds. The lowest BCUT2D eigenvalue weighted by Crippen LogP contribution is -2.43. The lowest BCUT2D eigenvalue weighted by Gasteiger charge is -2.20. The fourth-order valence-electron chi connectivity index (χ4n) is 3.44. The maximum atomic E-state index is 12.9. The van der Waals surface area contributed by atoms with Crippen molar-refractivity contribution in [2.75, 3.05) is 31.0 Å². The van der Waals surface area contributed by atoms with E-state index in [9.17, 15) is 14.4 Å². The Hall–Kier alpha value is -3.66. The Kier molecular flexibility index (Phi) is 5.47. The van der Waals surface area contributed by atoms with Crippen molar-refractivity contribution in [3.05, 3.63) is 47.5 Å². The van der Waals surface area contributed by atoms with Gasteiger partial charge in [-0.2, -0.15) is 5.11 Å². The molecule has 0 radical (unpaired) electrons. The Morgan fingerprint density at radius 3 is 2.52 bits per heavy atom. The summed E-state index contributed by atoms with van der Waals surface area (Å²) in [4.78, 5) is 39.3. The van der Waals surface area contributed by atoms with Crippen molar-refractivity contribution in [3.8, 4) is 11.5 Å². The molecule has 11 heteroatoms. The fraction of sp³-hybridized carbons (Fsp3) is 0.250. The van der Waals surface area contributed by atoms with Crippen molar-refractivity contribution >= 4 is 40.7 Å². The third-order valence-electron chi connectivity index (χ3n) is 4.93. The fourth-order valence-corrected chi connectivity index (χ4v) is 3.56. The molecule has 1 saturated heterocycles.